The van der Waals surface area contributed by atoms with Crippen LogP contribution in [-0.2, 0) is 22.1 Å². The summed E-state index contributed by atoms with van der Waals surface area (Å²) < 4.78 is 37.0. The van der Waals surface area contributed by atoms with Gasteiger partial charge in [-0.1, -0.05) is 13.0 Å². The Kier molecular flexibility index (Phi) is 9.36. The van der Waals surface area contributed by atoms with Gasteiger partial charge in [-0.05, 0) is 68.5 Å². The third kappa shape index (κ3) is 9.12. The van der Waals surface area contributed by atoms with E-state index in [1.807, 2.05) is 6.92 Å². The smallest absolute Gasteiger partial charge is 0.191 e. The Morgan fingerprint density at radius 2 is 2.10 bits per heavy atom. The molecule has 6 nitrogen and oxygen atoms in total. The van der Waals surface area contributed by atoms with E-state index >= 15 is 0 Å². The van der Waals surface area contributed by atoms with Crippen molar-refractivity contribution in [1.82, 2.24) is 15.5 Å². The number of hydrogen-bond acceptors (Lipinski definition) is 4. The van der Waals surface area contributed by atoms with Gasteiger partial charge in [0, 0.05) is 25.9 Å². The third-order valence-electron chi connectivity index (χ3n) is 5.02. The fourth-order valence-electron chi connectivity index (χ4n) is 3.67. The van der Waals surface area contributed by atoms with Crippen LogP contribution >= 0.6 is 0 Å². The fourth-order valence-corrected chi connectivity index (χ4v) is 4.52. The Bertz CT molecular complexity index is 783. The van der Waals surface area contributed by atoms with Gasteiger partial charge in [0.15, 0.2) is 15.8 Å². The maximum absolute atomic E-state index is 13.7. The van der Waals surface area contributed by atoms with Crippen molar-refractivity contribution in [1.29, 1.82) is 0 Å². The van der Waals surface area contributed by atoms with Gasteiger partial charge in [0.1, 0.15) is 5.82 Å². The van der Waals surface area contributed by atoms with Gasteiger partial charge in [0.2, 0.25) is 0 Å². The largest absolute Gasteiger partial charge is 0.357 e. The highest BCUT2D eigenvalue weighted by Crippen LogP contribution is 2.16. The Balaban J connectivity index is 1.92. The Labute approximate surface area is 174 Å². The molecule has 0 aromatic heterocycles. The molecular weight excluding hydrogens is 391 g/mol. The van der Waals surface area contributed by atoms with Crippen LogP contribution in [0.2, 0.25) is 0 Å². The number of halogens is 1. The van der Waals surface area contributed by atoms with Gasteiger partial charge in [-0.15, -0.1) is 0 Å². The molecule has 0 aliphatic carbocycles. The predicted octanol–water partition coefficient (Wildman–Crippen LogP) is 2.55. The Morgan fingerprint density at radius 3 is 2.79 bits per heavy atom. The van der Waals surface area contributed by atoms with Crippen LogP contribution in [0.5, 0.6) is 0 Å². The molecule has 1 aromatic carbocycles. The van der Waals surface area contributed by atoms with Crippen LogP contribution in [0.3, 0.4) is 0 Å². The molecule has 0 amide bonds. The Morgan fingerprint density at radius 1 is 1.31 bits per heavy atom. The molecule has 0 spiro atoms. The van der Waals surface area contributed by atoms with Crippen molar-refractivity contribution >= 4 is 15.8 Å². The number of hydrogen-bond donors (Lipinski definition) is 2. The SMILES string of the molecule is CCNC(=NCc1cc(F)ccc1CS(C)(=O)=O)NCCCN1CCCC(C)C1. The number of nitrogens with zero attached hydrogens (tertiary/aromatic N) is 2. The van der Waals surface area contributed by atoms with E-state index in [-0.39, 0.29) is 18.1 Å². The molecule has 1 aliphatic rings. The minimum atomic E-state index is -3.20. The molecule has 29 heavy (non-hydrogen) atoms. The number of piperidine rings is 1. The number of benzene rings is 1. The summed E-state index contributed by atoms with van der Waals surface area (Å²) in [6, 6.07) is 4.19. The second kappa shape index (κ2) is 11.5. The molecule has 0 radical (unpaired) electrons. The summed E-state index contributed by atoms with van der Waals surface area (Å²) >= 11 is 0. The molecule has 0 saturated carbocycles. The van der Waals surface area contributed by atoms with E-state index in [1.165, 1.54) is 50.4 Å². The molecule has 1 unspecified atom stereocenters. The summed E-state index contributed by atoms with van der Waals surface area (Å²) in [7, 11) is -3.20. The predicted molar refractivity (Wildman–Crippen MR) is 117 cm³/mol. The van der Waals surface area contributed by atoms with Crippen molar-refractivity contribution in [3.63, 3.8) is 0 Å². The van der Waals surface area contributed by atoms with Crippen molar-refractivity contribution in [2.75, 3.05) is 39.0 Å². The summed E-state index contributed by atoms with van der Waals surface area (Å²) in [5.74, 6) is 0.939. The molecule has 1 aliphatic heterocycles. The molecule has 1 aromatic rings. The van der Waals surface area contributed by atoms with E-state index < -0.39 is 9.84 Å². The van der Waals surface area contributed by atoms with Crippen LogP contribution in [0.4, 0.5) is 4.39 Å². The molecule has 1 atom stereocenters. The number of nitrogens with one attached hydrogen (secondary N) is 2. The minimum absolute atomic E-state index is 0.115. The van der Waals surface area contributed by atoms with Gasteiger partial charge >= 0.3 is 0 Å². The lowest BCUT2D eigenvalue weighted by Crippen LogP contribution is -2.40. The maximum Gasteiger partial charge on any atom is 0.191 e. The van der Waals surface area contributed by atoms with E-state index in [1.54, 1.807) is 0 Å². The summed E-state index contributed by atoms with van der Waals surface area (Å²) in [4.78, 5) is 7.05. The fraction of sp³-hybridized carbons (Fsp3) is 0.667. The number of likely N-dealkylation sites (tertiary alicyclic amines) is 1. The van der Waals surface area contributed by atoms with Crippen molar-refractivity contribution < 1.29 is 12.8 Å². The zero-order valence-electron chi connectivity index (χ0n) is 17.9. The second-order valence-electron chi connectivity index (χ2n) is 8.01. The molecule has 164 valence electrons. The lowest BCUT2D eigenvalue weighted by atomic mass is 10.0. The first-order valence-electron chi connectivity index (χ1n) is 10.5. The van der Waals surface area contributed by atoms with Crippen LogP contribution in [0, 0.1) is 11.7 Å². The molecule has 2 rings (SSSR count). The van der Waals surface area contributed by atoms with Crippen LogP contribution in [0.25, 0.3) is 0 Å². The summed E-state index contributed by atoms with van der Waals surface area (Å²) in [5.41, 5.74) is 1.18. The maximum atomic E-state index is 13.7. The molecule has 1 heterocycles. The van der Waals surface area contributed by atoms with Gasteiger partial charge in [0.25, 0.3) is 0 Å². The van der Waals surface area contributed by atoms with Crippen LogP contribution in [-0.4, -0.2) is 58.3 Å². The first kappa shape index (κ1) is 23.6. The second-order valence-corrected chi connectivity index (χ2v) is 10.1. The highest BCUT2D eigenvalue weighted by molar-refractivity contribution is 7.89. The normalized spacial score (nSPS) is 18.6. The number of aliphatic imine (C=N–C) groups is 1. The quantitative estimate of drug-likeness (QED) is 0.361. The molecule has 0 bridgehead atoms. The molecule has 8 heteroatoms. The summed E-state index contributed by atoms with van der Waals surface area (Å²) in [5, 5.41) is 6.52. The van der Waals surface area contributed by atoms with Crippen molar-refractivity contribution in [3.05, 3.63) is 35.1 Å². The standard InChI is InChI=1S/C21H35FN4O2S/c1-4-23-21(24-10-6-12-26-11-5-7-17(2)15-26)25-14-19-13-20(22)9-8-18(19)16-29(3,27)28/h8-9,13,17H,4-7,10-12,14-16H2,1-3H3,(H2,23,24,25). The van der Waals surface area contributed by atoms with Crippen LogP contribution < -0.4 is 10.6 Å². The van der Waals surface area contributed by atoms with E-state index in [0.29, 0.717) is 17.1 Å². The van der Waals surface area contributed by atoms with Gasteiger partial charge in [0.05, 0.1) is 12.3 Å². The number of sulfone groups is 1. The molecule has 1 fully saturated rings. The minimum Gasteiger partial charge on any atom is -0.357 e. The topological polar surface area (TPSA) is 73.8 Å². The number of guanidine groups is 1. The molecule has 1 saturated heterocycles. The van der Waals surface area contributed by atoms with Crippen molar-refractivity contribution in [3.8, 4) is 0 Å². The first-order valence-corrected chi connectivity index (χ1v) is 12.5. The first-order chi connectivity index (χ1) is 13.8. The lowest BCUT2D eigenvalue weighted by Gasteiger charge is -2.30. The highest BCUT2D eigenvalue weighted by atomic mass is 32.2. The van der Waals surface area contributed by atoms with Gasteiger partial charge in [-0.25, -0.2) is 17.8 Å². The average molecular weight is 427 g/mol. The number of rotatable bonds is 9. The highest BCUT2D eigenvalue weighted by Gasteiger charge is 2.15. The molecule has 2 N–H and O–H groups in total. The van der Waals surface area contributed by atoms with E-state index in [4.69, 9.17) is 0 Å². The van der Waals surface area contributed by atoms with E-state index in [2.05, 4.69) is 27.4 Å². The lowest BCUT2D eigenvalue weighted by molar-refractivity contribution is 0.182. The van der Waals surface area contributed by atoms with Crippen LogP contribution in [0.15, 0.2) is 23.2 Å². The average Bonchev–Trinajstić information content (AvgIpc) is 2.64. The Hall–Kier alpha value is -1.67. The van der Waals surface area contributed by atoms with Crippen LogP contribution in [0.1, 0.15) is 44.2 Å². The zero-order valence-corrected chi connectivity index (χ0v) is 18.7. The van der Waals surface area contributed by atoms with Crippen molar-refractivity contribution in [2.45, 2.75) is 45.4 Å². The zero-order chi connectivity index (χ0) is 21.3. The molecular formula is C21H35FN4O2S. The van der Waals surface area contributed by atoms with E-state index in [9.17, 15) is 12.8 Å². The third-order valence-corrected chi connectivity index (χ3v) is 5.86. The monoisotopic (exact) mass is 426 g/mol. The van der Waals surface area contributed by atoms with Gasteiger partial charge < -0.3 is 15.5 Å². The summed E-state index contributed by atoms with van der Waals surface area (Å²) in [6.07, 6.45) is 4.81. The summed E-state index contributed by atoms with van der Waals surface area (Å²) in [6.45, 7) is 9.47. The van der Waals surface area contributed by atoms with Gasteiger partial charge in [-0.2, -0.15) is 0 Å². The van der Waals surface area contributed by atoms with Crippen molar-refractivity contribution in [2.24, 2.45) is 10.9 Å². The van der Waals surface area contributed by atoms with Gasteiger partial charge in [-0.3, -0.25) is 0 Å². The van der Waals surface area contributed by atoms with E-state index in [0.717, 1.165) is 32.0 Å².